The highest BCUT2D eigenvalue weighted by Crippen LogP contribution is 2.22. The van der Waals surface area contributed by atoms with Crippen LogP contribution < -0.4 is 14.9 Å². The highest BCUT2D eigenvalue weighted by molar-refractivity contribution is 7.92. The van der Waals surface area contributed by atoms with Crippen LogP contribution in [0.15, 0.2) is 23.6 Å². The van der Waals surface area contributed by atoms with Gasteiger partial charge in [-0.2, -0.15) is 0 Å². The maximum Gasteiger partial charge on any atom is 0.271 e. The third kappa shape index (κ3) is 8.76. The fourth-order valence-corrected chi connectivity index (χ4v) is 4.64. The molecule has 1 heterocycles. The molecule has 0 bridgehead atoms. The largest absolute Gasteiger partial charge is 0.390 e. The summed E-state index contributed by atoms with van der Waals surface area (Å²) < 4.78 is 51.7. The van der Waals surface area contributed by atoms with Crippen molar-refractivity contribution in [1.29, 1.82) is 0 Å². The van der Waals surface area contributed by atoms with Crippen molar-refractivity contribution in [3.8, 4) is 0 Å². The van der Waals surface area contributed by atoms with Crippen LogP contribution in [0, 0.1) is 17.6 Å². The Morgan fingerprint density at radius 1 is 1.17 bits per heavy atom. The molecule has 14 heteroatoms. The number of sulfonamides is 1. The van der Waals surface area contributed by atoms with E-state index in [1.54, 1.807) is 0 Å². The SMILES string of the molecule is CC(C)CNC(=O)C[C@@H](O)[C@H](O)[C@H](Cc1cc(F)cc(F)c1)NC(=O)c1csc(N(C)S(C)(=O)=O)n1. The molecule has 4 N–H and O–H groups in total. The molecule has 3 atom stereocenters. The first-order valence-electron chi connectivity index (χ1n) is 11.0. The van der Waals surface area contributed by atoms with Gasteiger partial charge < -0.3 is 20.8 Å². The van der Waals surface area contributed by atoms with E-state index in [0.29, 0.717) is 12.6 Å². The lowest BCUT2D eigenvalue weighted by molar-refractivity contribution is -0.125. The Labute approximate surface area is 212 Å². The zero-order chi connectivity index (χ0) is 27.2. The Morgan fingerprint density at radius 3 is 2.33 bits per heavy atom. The van der Waals surface area contributed by atoms with Gasteiger partial charge in [0.25, 0.3) is 5.91 Å². The van der Waals surface area contributed by atoms with Crippen LogP contribution in [-0.4, -0.2) is 73.5 Å². The standard InChI is InChI=1S/C22H30F2N4O6S2/c1-12(2)10-25-19(30)9-18(29)20(31)16(7-13-5-14(23)8-15(24)6-13)26-21(32)17-11-35-22(27-17)28(3)36(4,33)34/h5-6,8,11-12,16,18,20,29,31H,7,9-10H2,1-4H3,(H,25,30)(H,26,32)/t16-,18+,20+/m0/s1. The number of carbonyl (C=O) groups excluding carboxylic acids is 2. The quantitative estimate of drug-likeness (QED) is 0.310. The number of benzene rings is 1. The number of carbonyl (C=O) groups is 2. The molecule has 0 fully saturated rings. The minimum atomic E-state index is -3.62. The number of hydrogen-bond donors (Lipinski definition) is 4. The highest BCUT2D eigenvalue weighted by atomic mass is 32.2. The van der Waals surface area contributed by atoms with Crippen LogP contribution in [0.2, 0.25) is 0 Å². The number of nitrogens with zero attached hydrogens (tertiary/aromatic N) is 2. The molecule has 36 heavy (non-hydrogen) atoms. The Morgan fingerprint density at radius 2 is 1.78 bits per heavy atom. The van der Waals surface area contributed by atoms with Crippen LogP contribution in [0.25, 0.3) is 0 Å². The van der Waals surface area contributed by atoms with Crippen molar-refractivity contribution in [2.45, 2.75) is 44.9 Å². The number of aromatic nitrogens is 1. The molecule has 1 aromatic carbocycles. The second-order valence-corrected chi connectivity index (χ2v) is 11.6. The lowest BCUT2D eigenvalue weighted by Crippen LogP contribution is -2.51. The summed E-state index contributed by atoms with van der Waals surface area (Å²) >= 11 is 0.889. The van der Waals surface area contributed by atoms with E-state index in [-0.39, 0.29) is 28.7 Å². The molecule has 1 aromatic heterocycles. The van der Waals surface area contributed by atoms with E-state index < -0.39 is 58.1 Å². The minimum Gasteiger partial charge on any atom is -0.390 e. The average Bonchev–Trinajstić information content (AvgIpc) is 3.25. The van der Waals surface area contributed by atoms with Crippen molar-refractivity contribution >= 4 is 38.3 Å². The third-order valence-corrected chi connectivity index (χ3v) is 7.30. The number of anilines is 1. The van der Waals surface area contributed by atoms with E-state index in [2.05, 4.69) is 15.6 Å². The van der Waals surface area contributed by atoms with E-state index in [1.165, 1.54) is 12.4 Å². The van der Waals surface area contributed by atoms with Crippen LogP contribution in [-0.2, 0) is 21.2 Å². The first kappa shape index (κ1) is 29.5. The van der Waals surface area contributed by atoms with Gasteiger partial charge in [0, 0.05) is 25.0 Å². The van der Waals surface area contributed by atoms with Gasteiger partial charge >= 0.3 is 0 Å². The molecule has 2 amide bonds. The smallest absolute Gasteiger partial charge is 0.271 e. The second kappa shape index (κ2) is 12.5. The summed E-state index contributed by atoms with van der Waals surface area (Å²) in [5.41, 5.74) is -0.0821. The van der Waals surface area contributed by atoms with Crippen LogP contribution in [0.4, 0.5) is 13.9 Å². The zero-order valence-electron chi connectivity index (χ0n) is 20.2. The Balaban J connectivity index is 2.24. The summed E-state index contributed by atoms with van der Waals surface area (Å²) in [6, 6.07) is 1.41. The molecule has 200 valence electrons. The monoisotopic (exact) mass is 548 g/mol. The summed E-state index contributed by atoms with van der Waals surface area (Å²) in [6.45, 7) is 4.12. The second-order valence-electron chi connectivity index (χ2n) is 8.77. The molecular weight excluding hydrogens is 518 g/mol. The van der Waals surface area contributed by atoms with Crippen molar-refractivity contribution in [1.82, 2.24) is 15.6 Å². The molecule has 10 nitrogen and oxygen atoms in total. The van der Waals surface area contributed by atoms with Gasteiger partial charge in [-0.05, 0) is 30.0 Å². The van der Waals surface area contributed by atoms with Crippen LogP contribution in [0.3, 0.4) is 0 Å². The number of nitrogens with one attached hydrogen (secondary N) is 2. The Bertz CT molecular complexity index is 1150. The van der Waals surface area contributed by atoms with E-state index in [1.807, 2.05) is 13.8 Å². The Hall–Kier alpha value is -2.68. The number of aliphatic hydroxyl groups is 2. The highest BCUT2D eigenvalue weighted by Gasteiger charge is 2.31. The van der Waals surface area contributed by atoms with E-state index in [0.717, 1.165) is 34.0 Å². The normalized spacial score (nSPS) is 14.2. The van der Waals surface area contributed by atoms with Gasteiger partial charge in [-0.3, -0.25) is 9.59 Å². The molecular formula is C22H30F2N4O6S2. The molecule has 0 saturated carbocycles. The fraction of sp³-hybridized carbons (Fsp3) is 0.500. The average molecular weight is 549 g/mol. The lowest BCUT2D eigenvalue weighted by atomic mass is 9.95. The third-order valence-electron chi connectivity index (χ3n) is 5.09. The van der Waals surface area contributed by atoms with Crippen molar-refractivity contribution in [2.24, 2.45) is 5.92 Å². The van der Waals surface area contributed by atoms with Gasteiger partial charge in [0.2, 0.25) is 15.9 Å². The first-order chi connectivity index (χ1) is 16.7. The van der Waals surface area contributed by atoms with Gasteiger partial charge in [-0.15, -0.1) is 11.3 Å². The maximum atomic E-state index is 13.7. The predicted octanol–water partition coefficient (Wildman–Crippen LogP) is 1.04. The fourth-order valence-electron chi connectivity index (χ4n) is 3.11. The predicted molar refractivity (Wildman–Crippen MR) is 131 cm³/mol. The van der Waals surface area contributed by atoms with E-state index in [9.17, 15) is 37.0 Å². The molecule has 0 saturated heterocycles. The number of amides is 2. The zero-order valence-corrected chi connectivity index (χ0v) is 21.9. The number of aliphatic hydroxyl groups excluding tert-OH is 2. The maximum absolute atomic E-state index is 13.7. The van der Waals surface area contributed by atoms with Gasteiger partial charge in [0.05, 0.1) is 24.8 Å². The Kier molecular flexibility index (Phi) is 10.3. The molecule has 0 radical (unpaired) electrons. The molecule has 0 aliphatic carbocycles. The summed E-state index contributed by atoms with van der Waals surface area (Å²) in [5.74, 6) is -2.92. The topological polar surface area (TPSA) is 149 Å². The number of hydrogen-bond acceptors (Lipinski definition) is 8. The molecule has 0 aliphatic heterocycles. The van der Waals surface area contributed by atoms with Gasteiger partial charge in [0.1, 0.15) is 23.4 Å². The summed E-state index contributed by atoms with van der Waals surface area (Å²) in [4.78, 5) is 28.9. The number of thiazole rings is 1. The first-order valence-corrected chi connectivity index (χ1v) is 13.7. The minimum absolute atomic E-state index is 0.0220. The van der Waals surface area contributed by atoms with Crippen LogP contribution in [0.5, 0.6) is 0 Å². The number of rotatable bonds is 12. The molecule has 0 unspecified atom stereocenters. The van der Waals surface area contributed by atoms with E-state index >= 15 is 0 Å². The van der Waals surface area contributed by atoms with E-state index in [4.69, 9.17) is 0 Å². The van der Waals surface area contributed by atoms with Crippen molar-refractivity contribution in [3.05, 3.63) is 46.5 Å². The van der Waals surface area contributed by atoms with Crippen molar-refractivity contribution in [2.75, 3.05) is 24.2 Å². The van der Waals surface area contributed by atoms with Crippen molar-refractivity contribution < 1.29 is 37.0 Å². The van der Waals surface area contributed by atoms with Crippen LogP contribution in [0.1, 0.15) is 36.3 Å². The van der Waals surface area contributed by atoms with Gasteiger partial charge in [-0.1, -0.05) is 13.8 Å². The van der Waals surface area contributed by atoms with Crippen LogP contribution >= 0.6 is 11.3 Å². The van der Waals surface area contributed by atoms with Gasteiger partial charge in [-0.25, -0.2) is 26.5 Å². The molecule has 2 aromatic rings. The van der Waals surface area contributed by atoms with Gasteiger partial charge in [0.15, 0.2) is 5.13 Å². The van der Waals surface area contributed by atoms with Crippen molar-refractivity contribution in [3.63, 3.8) is 0 Å². The molecule has 0 aliphatic rings. The number of halogens is 2. The lowest BCUT2D eigenvalue weighted by Gasteiger charge is -2.27. The summed E-state index contributed by atoms with van der Waals surface area (Å²) in [5, 5.41) is 27.6. The molecule has 2 rings (SSSR count). The summed E-state index contributed by atoms with van der Waals surface area (Å²) in [6.07, 6.45) is -3.09. The molecule has 0 spiro atoms. The summed E-state index contributed by atoms with van der Waals surface area (Å²) in [7, 11) is -2.35.